The number of likely N-dealkylation sites (tertiary alicyclic amines) is 1. The number of fused-ring (bicyclic) bond motifs is 1. The molecule has 5 rings (SSSR count). The molecule has 2 aromatic carbocycles. The van der Waals surface area contributed by atoms with Crippen molar-refractivity contribution in [3.63, 3.8) is 0 Å². The number of halogens is 1. The number of hydrogen-bond donors (Lipinski definition) is 2. The van der Waals surface area contributed by atoms with Crippen molar-refractivity contribution in [2.24, 2.45) is 7.05 Å². The minimum Gasteiger partial charge on any atom is -0.379 e. The Morgan fingerprint density at radius 3 is 2.63 bits per heavy atom. The Kier molecular flexibility index (Phi) is 6.42. The first kappa shape index (κ1) is 23.3. The van der Waals surface area contributed by atoms with Crippen molar-refractivity contribution in [1.82, 2.24) is 19.4 Å². The number of rotatable bonds is 6. The fourth-order valence-corrected chi connectivity index (χ4v) is 5.20. The summed E-state index contributed by atoms with van der Waals surface area (Å²) in [5.41, 5.74) is 3.17. The molecule has 2 fully saturated rings. The van der Waals surface area contributed by atoms with Gasteiger partial charge in [0.2, 0.25) is 11.8 Å². The van der Waals surface area contributed by atoms with E-state index in [-0.39, 0.29) is 30.3 Å². The molecule has 3 aromatic rings. The molecule has 1 atom stereocenters. The number of para-hydroxylation sites is 1. The lowest BCUT2D eigenvalue weighted by Crippen LogP contribution is -2.44. The first-order valence-electron chi connectivity index (χ1n) is 12.2. The van der Waals surface area contributed by atoms with Crippen LogP contribution in [-0.4, -0.2) is 38.9 Å². The zero-order valence-electron chi connectivity index (χ0n) is 19.8. The number of piperidine rings is 2. The smallest absolute Gasteiger partial charge is 0.329 e. The van der Waals surface area contributed by atoms with E-state index >= 15 is 0 Å². The Morgan fingerprint density at radius 1 is 1.09 bits per heavy atom. The van der Waals surface area contributed by atoms with Gasteiger partial charge in [-0.25, -0.2) is 9.18 Å². The van der Waals surface area contributed by atoms with Crippen LogP contribution in [-0.2, 0) is 29.7 Å². The second-order valence-corrected chi connectivity index (χ2v) is 9.47. The van der Waals surface area contributed by atoms with Gasteiger partial charge in [0.15, 0.2) is 0 Å². The van der Waals surface area contributed by atoms with Crippen LogP contribution in [0.5, 0.6) is 0 Å². The predicted molar refractivity (Wildman–Crippen MR) is 131 cm³/mol. The van der Waals surface area contributed by atoms with Crippen LogP contribution in [0.2, 0.25) is 0 Å². The van der Waals surface area contributed by atoms with E-state index in [1.165, 1.54) is 28.4 Å². The predicted octanol–water partition coefficient (Wildman–Crippen LogP) is 3.05. The maximum Gasteiger partial charge on any atom is 0.329 e. The number of nitrogens with zero attached hydrogens (tertiary/aromatic N) is 3. The number of benzene rings is 2. The molecular weight excluding hydrogens is 449 g/mol. The Balaban J connectivity index is 1.36. The summed E-state index contributed by atoms with van der Waals surface area (Å²) in [5, 5.41) is 5.65. The molecule has 1 unspecified atom stereocenters. The molecule has 3 heterocycles. The van der Waals surface area contributed by atoms with Gasteiger partial charge < -0.3 is 5.32 Å². The van der Waals surface area contributed by atoms with Gasteiger partial charge in [-0.1, -0.05) is 24.6 Å². The molecule has 0 spiro atoms. The summed E-state index contributed by atoms with van der Waals surface area (Å²) in [6.07, 6.45) is 4.06. The quantitative estimate of drug-likeness (QED) is 0.531. The molecule has 0 saturated carbocycles. The van der Waals surface area contributed by atoms with Crippen molar-refractivity contribution in [2.45, 2.75) is 51.2 Å². The largest absolute Gasteiger partial charge is 0.379 e. The van der Waals surface area contributed by atoms with Gasteiger partial charge in [-0.2, -0.15) is 0 Å². The van der Waals surface area contributed by atoms with E-state index in [4.69, 9.17) is 0 Å². The summed E-state index contributed by atoms with van der Waals surface area (Å²) in [6, 6.07) is 10.1. The van der Waals surface area contributed by atoms with E-state index in [2.05, 4.69) is 15.5 Å². The summed E-state index contributed by atoms with van der Waals surface area (Å²) in [5.74, 6) is -0.991. The maximum absolute atomic E-state index is 14.8. The highest BCUT2D eigenvalue weighted by atomic mass is 19.1. The summed E-state index contributed by atoms with van der Waals surface area (Å²) in [4.78, 5) is 39.4. The highest BCUT2D eigenvalue weighted by Crippen LogP contribution is 2.28. The number of imide groups is 1. The van der Waals surface area contributed by atoms with Crippen LogP contribution < -0.4 is 16.3 Å². The molecule has 184 valence electrons. The number of aryl methyl sites for hydroxylation is 1. The van der Waals surface area contributed by atoms with E-state index in [0.29, 0.717) is 35.4 Å². The Labute approximate surface area is 202 Å². The van der Waals surface area contributed by atoms with E-state index in [9.17, 15) is 18.8 Å². The van der Waals surface area contributed by atoms with Crippen molar-refractivity contribution in [3.8, 4) is 0 Å². The van der Waals surface area contributed by atoms with Crippen LogP contribution in [0.4, 0.5) is 10.1 Å². The fourth-order valence-electron chi connectivity index (χ4n) is 5.20. The molecule has 2 saturated heterocycles. The number of carbonyl (C=O) groups is 2. The van der Waals surface area contributed by atoms with E-state index in [1.807, 2.05) is 24.3 Å². The van der Waals surface area contributed by atoms with Crippen molar-refractivity contribution in [1.29, 1.82) is 0 Å². The van der Waals surface area contributed by atoms with Gasteiger partial charge in [-0.15, -0.1) is 0 Å². The number of amides is 2. The zero-order valence-corrected chi connectivity index (χ0v) is 19.8. The first-order valence-corrected chi connectivity index (χ1v) is 12.2. The van der Waals surface area contributed by atoms with E-state index < -0.39 is 11.9 Å². The average Bonchev–Trinajstić information content (AvgIpc) is 3.10. The summed E-state index contributed by atoms with van der Waals surface area (Å²) < 4.78 is 17.8. The van der Waals surface area contributed by atoms with Gasteiger partial charge >= 0.3 is 5.69 Å². The van der Waals surface area contributed by atoms with Gasteiger partial charge in [0.05, 0.1) is 16.7 Å². The molecular formula is C26H30FN5O3. The minimum atomic E-state index is -0.735. The van der Waals surface area contributed by atoms with Crippen LogP contribution in [0.15, 0.2) is 41.2 Å². The van der Waals surface area contributed by atoms with Crippen LogP contribution in [0.1, 0.15) is 49.3 Å². The monoisotopic (exact) mass is 479 g/mol. The SMILES string of the molecule is Cn1c(=O)n(C2CCC(=O)NC2=O)c2cccc(NCc3ccc(CN4CCCCC4)c(F)c3)c21. The molecule has 2 aliphatic heterocycles. The minimum absolute atomic E-state index is 0.191. The lowest BCUT2D eigenvalue weighted by Gasteiger charge is -2.26. The number of aromatic nitrogens is 2. The number of imidazole rings is 1. The van der Waals surface area contributed by atoms with Crippen molar-refractivity contribution in [3.05, 3.63) is 63.8 Å². The standard InChI is InChI=1S/C26H30FN5O3/c1-30-24-20(6-5-7-21(24)32(26(30)35)22-10-11-23(33)29-25(22)34)28-15-17-8-9-18(19(27)14-17)16-31-12-3-2-4-13-31/h5-9,14,22,28H,2-4,10-13,15-16H2,1H3,(H,29,33,34). The molecule has 8 nitrogen and oxygen atoms in total. The maximum atomic E-state index is 14.8. The van der Waals surface area contributed by atoms with Crippen LogP contribution >= 0.6 is 0 Å². The number of carbonyl (C=O) groups excluding carboxylic acids is 2. The van der Waals surface area contributed by atoms with E-state index in [1.54, 1.807) is 19.2 Å². The van der Waals surface area contributed by atoms with Crippen LogP contribution in [0.25, 0.3) is 11.0 Å². The van der Waals surface area contributed by atoms with Crippen LogP contribution in [0.3, 0.4) is 0 Å². The van der Waals surface area contributed by atoms with Gasteiger partial charge in [-0.05, 0) is 56.1 Å². The normalized spacial score (nSPS) is 19.2. The van der Waals surface area contributed by atoms with E-state index in [0.717, 1.165) is 18.7 Å². The third kappa shape index (κ3) is 4.60. The van der Waals surface area contributed by atoms with Crippen molar-refractivity contribution in [2.75, 3.05) is 18.4 Å². The molecule has 0 aliphatic carbocycles. The fraction of sp³-hybridized carbons (Fsp3) is 0.423. The lowest BCUT2D eigenvalue weighted by atomic mass is 10.1. The number of anilines is 1. The third-order valence-corrected chi connectivity index (χ3v) is 7.07. The molecule has 9 heteroatoms. The molecule has 2 aliphatic rings. The Bertz CT molecular complexity index is 1340. The van der Waals surface area contributed by atoms with Crippen molar-refractivity contribution < 1.29 is 14.0 Å². The number of nitrogens with one attached hydrogen (secondary N) is 2. The first-order chi connectivity index (χ1) is 16.9. The average molecular weight is 480 g/mol. The highest BCUT2D eigenvalue weighted by molar-refractivity contribution is 6.00. The Morgan fingerprint density at radius 2 is 1.89 bits per heavy atom. The summed E-state index contributed by atoms with van der Waals surface area (Å²) in [6.45, 7) is 3.06. The van der Waals surface area contributed by atoms with Gasteiger partial charge in [0, 0.05) is 32.1 Å². The molecule has 1 aromatic heterocycles. The molecule has 35 heavy (non-hydrogen) atoms. The zero-order chi connectivity index (χ0) is 24.5. The molecule has 2 N–H and O–H groups in total. The molecule has 2 amide bonds. The van der Waals surface area contributed by atoms with Gasteiger partial charge in [-0.3, -0.25) is 28.9 Å². The van der Waals surface area contributed by atoms with Crippen LogP contribution in [0, 0.1) is 5.82 Å². The second kappa shape index (κ2) is 9.65. The lowest BCUT2D eigenvalue weighted by molar-refractivity contribution is -0.135. The highest BCUT2D eigenvalue weighted by Gasteiger charge is 2.31. The summed E-state index contributed by atoms with van der Waals surface area (Å²) >= 11 is 0. The number of hydrogen-bond acceptors (Lipinski definition) is 5. The van der Waals surface area contributed by atoms with Gasteiger partial charge in [0.25, 0.3) is 0 Å². The topological polar surface area (TPSA) is 88.4 Å². The molecule has 0 bridgehead atoms. The van der Waals surface area contributed by atoms with Gasteiger partial charge in [0.1, 0.15) is 11.9 Å². The second-order valence-electron chi connectivity index (χ2n) is 9.47. The summed E-state index contributed by atoms with van der Waals surface area (Å²) in [7, 11) is 1.66. The Hall–Kier alpha value is -3.46. The molecule has 0 radical (unpaired) electrons. The third-order valence-electron chi connectivity index (χ3n) is 7.07. The van der Waals surface area contributed by atoms with Crippen molar-refractivity contribution >= 4 is 28.5 Å².